The summed E-state index contributed by atoms with van der Waals surface area (Å²) in [6.45, 7) is 0. The summed E-state index contributed by atoms with van der Waals surface area (Å²) in [5, 5.41) is 0.326. The predicted octanol–water partition coefficient (Wildman–Crippen LogP) is 2.22. The van der Waals surface area contributed by atoms with Crippen molar-refractivity contribution in [2.24, 2.45) is 0 Å². The number of halogens is 2. The quantitative estimate of drug-likeness (QED) is 0.789. The molecule has 0 aliphatic rings. The van der Waals surface area contributed by atoms with Crippen LogP contribution >= 0.6 is 23.2 Å². The molecule has 0 heterocycles. The molecule has 0 saturated carbocycles. The van der Waals surface area contributed by atoms with E-state index in [1.54, 1.807) is 6.07 Å². The largest absolute Gasteiger partial charge is 0.293 e. The van der Waals surface area contributed by atoms with Crippen LogP contribution < -0.4 is 0 Å². The molecule has 82 valence electrons. The highest BCUT2D eigenvalue weighted by molar-refractivity contribution is 7.91. The normalized spacial score (nSPS) is 11.4. The van der Waals surface area contributed by atoms with Crippen LogP contribution in [-0.4, -0.2) is 26.2 Å². The van der Waals surface area contributed by atoms with Gasteiger partial charge >= 0.3 is 0 Å². The Hall–Kier alpha value is -0.580. The summed E-state index contributed by atoms with van der Waals surface area (Å²) in [5.74, 6) is -1.18. The van der Waals surface area contributed by atoms with Gasteiger partial charge in [0.05, 0.1) is 15.6 Å². The Kier molecular flexibility index (Phi) is 3.76. The van der Waals surface area contributed by atoms with Gasteiger partial charge in [-0.05, 0) is 12.1 Å². The summed E-state index contributed by atoms with van der Waals surface area (Å²) >= 11 is 11.5. The van der Waals surface area contributed by atoms with Crippen LogP contribution in [0.15, 0.2) is 18.2 Å². The molecule has 0 spiro atoms. The third kappa shape index (κ3) is 3.48. The van der Waals surface area contributed by atoms with E-state index in [2.05, 4.69) is 0 Å². The SMILES string of the molecule is CS(=O)(=O)CC(=O)c1c(Cl)cccc1Cl. The standard InChI is InChI=1S/C9H8Cl2O3S/c1-15(13,14)5-8(12)9-6(10)3-2-4-7(9)11/h2-4H,5H2,1H3. The fraction of sp³-hybridized carbons (Fsp3) is 0.222. The maximum Gasteiger partial charge on any atom is 0.180 e. The van der Waals surface area contributed by atoms with Gasteiger partial charge in [0.2, 0.25) is 0 Å². The van der Waals surface area contributed by atoms with E-state index in [4.69, 9.17) is 23.2 Å². The fourth-order valence-electron chi connectivity index (χ4n) is 1.07. The van der Waals surface area contributed by atoms with Gasteiger partial charge in [0.1, 0.15) is 5.75 Å². The second-order valence-electron chi connectivity index (χ2n) is 3.09. The van der Waals surface area contributed by atoms with Crippen LogP contribution in [0.3, 0.4) is 0 Å². The zero-order valence-electron chi connectivity index (χ0n) is 7.83. The van der Waals surface area contributed by atoms with Gasteiger partial charge in [0.15, 0.2) is 15.6 Å². The second kappa shape index (κ2) is 4.51. The number of hydrogen-bond donors (Lipinski definition) is 0. The summed E-state index contributed by atoms with van der Waals surface area (Å²) < 4.78 is 21.9. The Morgan fingerprint density at radius 1 is 1.27 bits per heavy atom. The van der Waals surface area contributed by atoms with Crippen LogP contribution in [0.2, 0.25) is 10.0 Å². The molecular weight excluding hydrogens is 259 g/mol. The predicted molar refractivity (Wildman–Crippen MR) is 60.5 cm³/mol. The lowest BCUT2D eigenvalue weighted by molar-refractivity contribution is 0.102. The Bertz CT molecular complexity index is 474. The van der Waals surface area contributed by atoms with Crippen LogP contribution in [-0.2, 0) is 9.84 Å². The maximum absolute atomic E-state index is 11.6. The van der Waals surface area contributed by atoms with E-state index in [1.165, 1.54) is 12.1 Å². The molecule has 0 unspecified atom stereocenters. The minimum absolute atomic E-state index is 0.0614. The molecule has 0 bridgehead atoms. The lowest BCUT2D eigenvalue weighted by Gasteiger charge is -2.04. The van der Waals surface area contributed by atoms with E-state index in [0.29, 0.717) is 0 Å². The smallest absolute Gasteiger partial charge is 0.180 e. The van der Waals surface area contributed by atoms with Crippen molar-refractivity contribution in [2.45, 2.75) is 0 Å². The number of carbonyl (C=O) groups excluding carboxylic acids is 1. The van der Waals surface area contributed by atoms with Crippen molar-refractivity contribution in [3.63, 3.8) is 0 Å². The molecule has 0 amide bonds. The first-order valence-electron chi connectivity index (χ1n) is 3.96. The molecule has 0 atom stereocenters. The Balaban J connectivity index is 3.12. The Labute approximate surface area is 97.9 Å². The Morgan fingerprint density at radius 3 is 2.13 bits per heavy atom. The van der Waals surface area contributed by atoms with Gasteiger partial charge in [-0.15, -0.1) is 0 Å². The molecule has 0 aliphatic heterocycles. The fourth-order valence-corrected chi connectivity index (χ4v) is 2.30. The molecule has 0 radical (unpaired) electrons. The third-order valence-corrected chi connectivity index (χ3v) is 3.05. The van der Waals surface area contributed by atoms with Crippen molar-refractivity contribution in [3.8, 4) is 0 Å². The van der Waals surface area contributed by atoms with Gasteiger partial charge in [0.25, 0.3) is 0 Å². The maximum atomic E-state index is 11.6. The molecule has 1 aromatic rings. The van der Waals surface area contributed by atoms with Crippen LogP contribution in [0, 0.1) is 0 Å². The molecular formula is C9H8Cl2O3S. The van der Waals surface area contributed by atoms with Crippen LogP contribution in [0.25, 0.3) is 0 Å². The first-order valence-corrected chi connectivity index (χ1v) is 6.78. The number of benzene rings is 1. The van der Waals surface area contributed by atoms with Gasteiger partial charge in [0, 0.05) is 6.26 Å². The highest BCUT2D eigenvalue weighted by Gasteiger charge is 2.18. The van der Waals surface area contributed by atoms with Crippen molar-refractivity contribution in [2.75, 3.05) is 12.0 Å². The second-order valence-corrected chi connectivity index (χ2v) is 6.04. The molecule has 0 fully saturated rings. The van der Waals surface area contributed by atoms with Gasteiger partial charge in [-0.1, -0.05) is 29.3 Å². The molecule has 0 saturated heterocycles. The summed E-state index contributed by atoms with van der Waals surface area (Å²) in [4.78, 5) is 11.6. The highest BCUT2D eigenvalue weighted by Crippen LogP contribution is 2.24. The van der Waals surface area contributed by atoms with E-state index >= 15 is 0 Å². The number of rotatable bonds is 3. The zero-order chi connectivity index (χ0) is 11.6. The molecule has 3 nitrogen and oxygen atoms in total. The van der Waals surface area contributed by atoms with Crippen molar-refractivity contribution >= 4 is 38.8 Å². The van der Waals surface area contributed by atoms with Crippen LogP contribution in [0.1, 0.15) is 10.4 Å². The summed E-state index contributed by atoms with van der Waals surface area (Å²) in [5.41, 5.74) is 0.0614. The van der Waals surface area contributed by atoms with E-state index in [-0.39, 0.29) is 15.6 Å². The van der Waals surface area contributed by atoms with Gasteiger partial charge in [-0.3, -0.25) is 4.79 Å². The van der Waals surface area contributed by atoms with E-state index in [9.17, 15) is 13.2 Å². The summed E-state index contributed by atoms with van der Waals surface area (Å²) in [6.07, 6.45) is 0.982. The van der Waals surface area contributed by atoms with Crippen molar-refractivity contribution in [1.82, 2.24) is 0 Å². The molecule has 1 rings (SSSR count). The van der Waals surface area contributed by atoms with E-state index < -0.39 is 21.4 Å². The average Bonchev–Trinajstić information content (AvgIpc) is 1.99. The van der Waals surface area contributed by atoms with Gasteiger partial charge in [-0.25, -0.2) is 8.42 Å². The summed E-state index contributed by atoms with van der Waals surface area (Å²) in [7, 11) is -3.37. The van der Waals surface area contributed by atoms with Crippen LogP contribution in [0.4, 0.5) is 0 Å². The first kappa shape index (κ1) is 12.5. The minimum Gasteiger partial charge on any atom is -0.293 e. The topological polar surface area (TPSA) is 51.2 Å². The van der Waals surface area contributed by atoms with E-state index in [0.717, 1.165) is 6.26 Å². The monoisotopic (exact) mass is 266 g/mol. The molecule has 0 aliphatic carbocycles. The zero-order valence-corrected chi connectivity index (χ0v) is 10.2. The lowest BCUT2D eigenvalue weighted by atomic mass is 10.1. The van der Waals surface area contributed by atoms with Crippen molar-refractivity contribution < 1.29 is 13.2 Å². The average molecular weight is 267 g/mol. The number of ketones is 1. The molecule has 0 N–H and O–H groups in total. The number of Topliss-reactive ketones (excluding diaryl/α,β-unsaturated/α-hetero) is 1. The lowest BCUT2D eigenvalue weighted by Crippen LogP contribution is -2.15. The minimum atomic E-state index is -3.37. The molecule has 15 heavy (non-hydrogen) atoms. The van der Waals surface area contributed by atoms with Gasteiger partial charge < -0.3 is 0 Å². The number of hydrogen-bond acceptors (Lipinski definition) is 3. The third-order valence-electron chi connectivity index (χ3n) is 1.63. The molecule has 0 aromatic heterocycles. The van der Waals surface area contributed by atoms with Gasteiger partial charge in [-0.2, -0.15) is 0 Å². The highest BCUT2D eigenvalue weighted by atomic mass is 35.5. The summed E-state index contributed by atoms with van der Waals surface area (Å²) in [6, 6.07) is 4.56. The van der Waals surface area contributed by atoms with Crippen LogP contribution in [0.5, 0.6) is 0 Å². The molecule has 1 aromatic carbocycles. The van der Waals surface area contributed by atoms with Crippen molar-refractivity contribution in [1.29, 1.82) is 0 Å². The Morgan fingerprint density at radius 2 is 1.73 bits per heavy atom. The number of sulfone groups is 1. The number of carbonyl (C=O) groups is 1. The van der Waals surface area contributed by atoms with Crippen molar-refractivity contribution in [3.05, 3.63) is 33.8 Å². The first-order chi connectivity index (χ1) is 6.81. The molecule has 6 heteroatoms. The van der Waals surface area contributed by atoms with E-state index in [1.807, 2.05) is 0 Å².